The smallest absolute Gasteiger partial charge is 0.311 e. The average molecular weight is 728 g/mol. The summed E-state index contributed by atoms with van der Waals surface area (Å²) in [6, 6.07) is 20.7. The Hall–Kier alpha value is -2.88. The van der Waals surface area contributed by atoms with Crippen molar-refractivity contribution in [1.82, 2.24) is 0 Å². The van der Waals surface area contributed by atoms with E-state index in [0.717, 1.165) is 46.4 Å². The predicted molar refractivity (Wildman–Crippen MR) is 188 cm³/mol. The number of rotatable bonds is 13. The number of esters is 1. The van der Waals surface area contributed by atoms with Crippen LogP contribution in [0.4, 0.5) is 0 Å². The highest BCUT2D eigenvalue weighted by Gasteiger charge is 2.26. The van der Waals surface area contributed by atoms with Gasteiger partial charge in [-0.25, -0.2) is 0 Å². The number of carboxylic acid groups (broad SMARTS) is 1. The van der Waals surface area contributed by atoms with Gasteiger partial charge in [-0.1, -0.05) is 89.9 Å². The lowest BCUT2D eigenvalue weighted by atomic mass is 9.99. The van der Waals surface area contributed by atoms with Crippen molar-refractivity contribution in [1.29, 1.82) is 0 Å². The second-order valence-electron chi connectivity index (χ2n) is 10.2. The Morgan fingerprint density at radius 1 is 0.841 bits per heavy atom. The zero-order valence-corrected chi connectivity index (χ0v) is 28.7. The van der Waals surface area contributed by atoms with E-state index in [1.54, 1.807) is 0 Å². The third-order valence-electron chi connectivity index (χ3n) is 7.29. The first-order valence-corrected chi connectivity index (χ1v) is 18.9. The molecular weight excluding hydrogens is 689 g/mol. The van der Waals surface area contributed by atoms with Crippen molar-refractivity contribution in [3.05, 3.63) is 82.9 Å². The first-order valence-electron chi connectivity index (χ1n) is 14.6. The van der Waals surface area contributed by atoms with Crippen LogP contribution < -0.4 is 9.47 Å². The van der Waals surface area contributed by atoms with Crippen LogP contribution in [0.15, 0.2) is 60.7 Å². The van der Waals surface area contributed by atoms with E-state index in [1.807, 2.05) is 47.2 Å². The fourth-order valence-electron chi connectivity index (χ4n) is 5.03. The van der Waals surface area contributed by atoms with Gasteiger partial charge in [0.05, 0.1) is 18.7 Å². The lowest BCUT2D eigenvalue weighted by molar-refractivity contribution is -0.147. The molecule has 0 saturated heterocycles. The summed E-state index contributed by atoms with van der Waals surface area (Å²) in [4.78, 5) is 23.0. The molecule has 2 atom stereocenters. The zero-order valence-electron chi connectivity index (χ0n) is 25.6. The third kappa shape index (κ3) is 9.32. The van der Waals surface area contributed by atoms with Crippen molar-refractivity contribution < 1.29 is 34.0 Å². The van der Waals surface area contributed by atoms with Gasteiger partial charge in [-0.2, -0.15) is 0 Å². The van der Waals surface area contributed by atoms with Crippen molar-refractivity contribution in [3.8, 4) is 11.5 Å². The number of halogens is 1. The van der Waals surface area contributed by atoms with Gasteiger partial charge >= 0.3 is 11.9 Å². The normalized spacial score (nSPS) is 12.2. The fraction of sp³-hybridized carbons (Fsp3) is 0.353. The minimum absolute atomic E-state index is 0.0510. The summed E-state index contributed by atoms with van der Waals surface area (Å²) in [7, 11) is 5.65. The molecule has 4 aromatic carbocycles. The summed E-state index contributed by atoms with van der Waals surface area (Å²) >= 11 is 1.85. The SMILES string of the molecule is CCc1cc2ccccc2c(C)c1OCCO.[B]P(I)C(CC(=O)OCCOc1c(CC)cc2ccccc2c1C)C(=O)O. The Bertz CT molecular complexity index is 1580. The molecule has 0 heterocycles. The highest BCUT2D eigenvalue weighted by molar-refractivity contribution is 14.2. The monoisotopic (exact) mass is 728 g/mol. The Labute approximate surface area is 274 Å². The highest BCUT2D eigenvalue weighted by Crippen LogP contribution is 2.46. The van der Waals surface area contributed by atoms with Gasteiger partial charge < -0.3 is 24.4 Å². The topological polar surface area (TPSA) is 102 Å². The second-order valence-corrected chi connectivity index (χ2v) is 14.8. The maximum atomic E-state index is 11.8. The van der Waals surface area contributed by atoms with Gasteiger partial charge in [-0.15, -0.1) is 0 Å². The van der Waals surface area contributed by atoms with Gasteiger partial charge in [0.15, 0.2) is 0 Å². The highest BCUT2D eigenvalue weighted by atomic mass is 127. The minimum atomic E-state index is -1.28. The largest absolute Gasteiger partial charge is 0.491 e. The number of fused-ring (bicyclic) bond motifs is 2. The van der Waals surface area contributed by atoms with E-state index < -0.39 is 23.0 Å². The lowest BCUT2D eigenvalue weighted by Crippen LogP contribution is -2.23. The quantitative estimate of drug-likeness (QED) is 0.0485. The summed E-state index contributed by atoms with van der Waals surface area (Å²) in [5.41, 5.74) is 2.34. The van der Waals surface area contributed by atoms with E-state index in [4.69, 9.17) is 32.0 Å². The van der Waals surface area contributed by atoms with E-state index in [0.29, 0.717) is 6.61 Å². The molecule has 4 rings (SSSR count). The number of aliphatic hydroxyl groups is 1. The van der Waals surface area contributed by atoms with Gasteiger partial charge in [0, 0.05) is 0 Å². The van der Waals surface area contributed by atoms with E-state index in [2.05, 4.69) is 63.2 Å². The molecule has 44 heavy (non-hydrogen) atoms. The number of hydrogen-bond acceptors (Lipinski definition) is 6. The number of hydrogen-bond donors (Lipinski definition) is 2. The molecule has 4 aromatic rings. The number of aryl methyl sites for hydroxylation is 4. The molecule has 0 spiro atoms. The molecule has 0 aliphatic rings. The Kier molecular flexibility index (Phi) is 14.2. The van der Waals surface area contributed by atoms with Gasteiger partial charge in [0.25, 0.3) is 0 Å². The maximum Gasteiger partial charge on any atom is 0.311 e. The van der Waals surface area contributed by atoms with Gasteiger partial charge in [-0.05, 0) is 82.6 Å². The molecule has 2 N–H and O–H groups in total. The molecule has 0 fully saturated rings. The van der Waals surface area contributed by atoms with Crippen molar-refractivity contribution in [3.63, 3.8) is 0 Å². The van der Waals surface area contributed by atoms with Crippen LogP contribution in [0, 0.1) is 13.8 Å². The zero-order chi connectivity index (χ0) is 32.2. The first-order chi connectivity index (χ1) is 21.1. The van der Waals surface area contributed by atoms with Crippen molar-refractivity contribution in [2.45, 2.75) is 52.6 Å². The summed E-state index contributed by atoms with van der Waals surface area (Å²) < 4.78 is 16.7. The Balaban J connectivity index is 0.000000266. The number of benzene rings is 4. The molecule has 2 unspecified atom stereocenters. The van der Waals surface area contributed by atoms with Crippen molar-refractivity contribution >= 4 is 68.5 Å². The van der Waals surface area contributed by atoms with Crippen LogP contribution in [-0.2, 0) is 27.2 Å². The molecule has 2 radical (unpaired) electrons. The number of aliphatic hydroxyl groups excluding tert-OH is 1. The van der Waals surface area contributed by atoms with Crippen molar-refractivity contribution in [2.24, 2.45) is 0 Å². The van der Waals surface area contributed by atoms with Crippen molar-refractivity contribution in [2.75, 3.05) is 26.4 Å². The molecule has 0 bridgehead atoms. The first kappa shape index (κ1) is 35.6. The standard InChI is InChI=1S/C19H21BIO5P.C15H18O2/c1-3-13-10-14-6-4-5-7-15(14)12(2)18(13)26-9-8-25-17(22)11-16(19(23)24)27(20)21;1-3-12-10-13-6-4-5-7-14(13)11(2)15(12)17-9-8-16/h4-7,10,16H,3,8-9,11H2,1-2H3,(H,23,24);4-7,10,16H,3,8-9H2,1-2H3. The molecule has 0 aliphatic heterocycles. The van der Waals surface area contributed by atoms with Crippen LogP contribution in [0.25, 0.3) is 21.5 Å². The molecule has 0 aromatic heterocycles. The van der Waals surface area contributed by atoms with Gasteiger partial charge in [-0.3, -0.25) is 9.59 Å². The molecule has 0 amide bonds. The Morgan fingerprint density at radius 3 is 1.75 bits per heavy atom. The molecule has 232 valence electrons. The maximum absolute atomic E-state index is 11.8. The van der Waals surface area contributed by atoms with Crippen LogP contribution in [0.5, 0.6) is 11.5 Å². The van der Waals surface area contributed by atoms with Crippen LogP contribution >= 0.6 is 27.5 Å². The number of carbonyl (C=O) groups is 2. The number of ether oxygens (including phenoxy) is 3. The van der Waals surface area contributed by atoms with Gasteiger partial charge in [0.2, 0.25) is 0 Å². The molecule has 10 heteroatoms. The van der Waals surface area contributed by atoms with E-state index in [9.17, 15) is 9.59 Å². The summed E-state index contributed by atoms with van der Waals surface area (Å²) in [6.07, 6.45) is 1.54. The predicted octanol–water partition coefficient (Wildman–Crippen LogP) is 7.47. The van der Waals surface area contributed by atoms with E-state index in [-0.39, 0.29) is 26.2 Å². The van der Waals surface area contributed by atoms with Crippen LogP contribution in [0.2, 0.25) is 0 Å². The minimum Gasteiger partial charge on any atom is -0.491 e. The van der Waals surface area contributed by atoms with Crippen LogP contribution in [0.3, 0.4) is 0 Å². The number of carbonyl (C=O) groups excluding carboxylic acids is 1. The third-order valence-corrected chi connectivity index (χ3v) is 10.3. The molecule has 0 saturated carbocycles. The fourth-order valence-corrected chi connectivity index (χ4v) is 6.87. The van der Waals surface area contributed by atoms with Crippen LogP contribution in [-0.4, -0.2) is 61.8 Å². The molecule has 7 nitrogen and oxygen atoms in total. The second kappa shape index (κ2) is 17.6. The van der Waals surface area contributed by atoms with Gasteiger partial charge in [0.1, 0.15) is 38.9 Å². The van der Waals surface area contributed by atoms with E-state index in [1.165, 1.54) is 21.7 Å². The number of aliphatic carboxylic acids is 1. The van der Waals surface area contributed by atoms with E-state index >= 15 is 0 Å². The molecular formula is C34H39BIO7P. The summed E-state index contributed by atoms with van der Waals surface area (Å²) in [5.74, 6) is 0.0887. The van der Waals surface area contributed by atoms with Crippen LogP contribution in [0.1, 0.15) is 42.5 Å². The lowest BCUT2D eigenvalue weighted by Gasteiger charge is -2.17. The summed E-state index contributed by atoms with van der Waals surface area (Å²) in [6.45, 7) is 8.95. The average Bonchev–Trinajstić information content (AvgIpc) is 3.02. The number of carboxylic acids is 1. The Morgan fingerprint density at radius 2 is 1.32 bits per heavy atom. The molecule has 0 aliphatic carbocycles. The summed E-state index contributed by atoms with van der Waals surface area (Å²) in [5, 5.41) is 22.7.